The van der Waals surface area contributed by atoms with Crippen molar-refractivity contribution in [1.82, 2.24) is 19.5 Å². The van der Waals surface area contributed by atoms with E-state index in [9.17, 15) is 10.2 Å². The van der Waals surface area contributed by atoms with Gasteiger partial charge in [-0.25, -0.2) is 0 Å². The number of hydrogen-bond acceptors (Lipinski definition) is 8. The van der Waals surface area contributed by atoms with Crippen molar-refractivity contribution in [2.45, 2.75) is 24.5 Å². The number of aliphatic hydroxyl groups excluding tert-OH is 3. The van der Waals surface area contributed by atoms with E-state index in [-0.39, 0.29) is 5.95 Å². The predicted molar refractivity (Wildman–Crippen MR) is 68.1 cm³/mol. The number of nitrogens with two attached hydrogens (primary N) is 1. The molecule has 5 N–H and O–H groups in total. The van der Waals surface area contributed by atoms with Crippen LogP contribution in [0.2, 0.25) is 0 Å². The van der Waals surface area contributed by atoms with Crippen LogP contribution >= 0.6 is 0 Å². The SMILES string of the molecule is Nc1nc([Se])c2ncn(C3O[C@H](CO)[C@H](O)[C@@H]3O)c2n1. The normalized spacial score (nSPS) is 30.1. The van der Waals surface area contributed by atoms with Gasteiger partial charge in [0.1, 0.15) is 0 Å². The van der Waals surface area contributed by atoms with Crippen molar-refractivity contribution < 1.29 is 20.1 Å². The second-order valence-electron chi connectivity index (χ2n) is 4.44. The average molecular weight is 345 g/mol. The Bertz CT molecular complexity index is 650. The van der Waals surface area contributed by atoms with Crippen LogP contribution < -0.4 is 10.3 Å². The van der Waals surface area contributed by atoms with Crippen molar-refractivity contribution in [2.24, 2.45) is 0 Å². The Kier molecular flexibility index (Phi) is 3.36. The van der Waals surface area contributed by atoms with E-state index >= 15 is 0 Å². The molecule has 4 atom stereocenters. The van der Waals surface area contributed by atoms with E-state index in [2.05, 4.69) is 31.0 Å². The molecule has 1 aliphatic rings. The topological polar surface area (TPSA) is 140 Å². The Morgan fingerprint density at radius 2 is 2.10 bits per heavy atom. The number of aliphatic hydroxyl groups is 3. The first kappa shape index (κ1) is 13.7. The summed E-state index contributed by atoms with van der Waals surface area (Å²) in [4.78, 5) is 12.1. The van der Waals surface area contributed by atoms with Crippen LogP contribution in [0.3, 0.4) is 0 Å². The van der Waals surface area contributed by atoms with E-state index in [0.717, 1.165) is 0 Å². The van der Waals surface area contributed by atoms with Gasteiger partial charge in [-0.1, -0.05) is 0 Å². The zero-order valence-corrected chi connectivity index (χ0v) is 11.8. The Hall–Kier alpha value is -1.29. The number of fused-ring (bicyclic) bond motifs is 1. The van der Waals surface area contributed by atoms with E-state index in [1.807, 2.05) is 0 Å². The number of aromatic nitrogens is 4. The van der Waals surface area contributed by atoms with Gasteiger partial charge >= 0.3 is 121 Å². The maximum absolute atomic E-state index is 10.0. The number of anilines is 1. The zero-order valence-electron chi connectivity index (χ0n) is 10.1. The van der Waals surface area contributed by atoms with E-state index in [1.165, 1.54) is 10.9 Å². The molecule has 2 aromatic rings. The summed E-state index contributed by atoms with van der Waals surface area (Å²) in [6.07, 6.45) is -2.74. The fourth-order valence-corrected chi connectivity index (χ4v) is 2.70. The van der Waals surface area contributed by atoms with Crippen LogP contribution in [0.15, 0.2) is 6.33 Å². The zero-order chi connectivity index (χ0) is 14.4. The molecule has 10 heteroatoms. The molecule has 0 amide bonds. The van der Waals surface area contributed by atoms with Crippen LogP contribution in [-0.2, 0) is 4.74 Å². The number of nitrogens with zero attached hydrogens (tertiary/aromatic N) is 4. The summed E-state index contributed by atoms with van der Waals surface area (Å²) in [6, 6.07) is 0. The number of ether oxygens (including phenoxy) is 1. The monoisotopic (exact) mass is 346 g/mol. The summed E-state index contributed by atoms with van der Waals surface area (Å²) in [6.45, 7) is -0.398. The fraction of sp³-hybridized carbons (Fsp3) is 0.500. The number of imidazole rings is 1. The summed E-state index contributed by atoms with van der Waals surface area (Å²) < 4.78 is 7.37. The molecule has 0 aromatic carbocycles. The van der Waals surface area contributed by atoms with Gasteiger partial charge in [-0.3, -0.25) is 0 Å². The first-order chi connectivity index (χ1) is 9.52. The van der Waals surface area contributed by atoms with Crippen LogP contribution in [0.1, 0.15) is 6.23 Å². The molecule has 0 aliphatic carbocycles. The van der Waals surface area contributed by atoms with Gasteiger partial charge in [0.25, 0.3) is 0 Å². The molecule has 0 spiro atoms. The third-order valence-electron chi connectivity index (χ3n) is 3.20. The molecule has 0 saturated carbocycles. The second kappa shape index (κ2) is 4.92. The summed E-state index contributed by atoms with van der Waals surface area (Å²) in [7, 11) is 0. The molecular weight excluding hydrogens is 333 g/mol. The Morgan fingerprint density at radius 3 is 2.75 bits per heavy atom. The minimum atomic E-state index is -1.20. The van der Waals surface area contributed by atoms with Gasteiger partial charge in [0.15, 0.2) is 0 Å². The Labute approximate surface area is 121 Å². The molecule has 1 fully saturated rings. The number of rotatable bonds is 2. The van der Waals surface area contributed by atoms with Crippen LogP contribution in [0.25, 0.3) is 11.2 Å². The van der Waals surface area contributed by atoms with Crippen molar-refractivity contribution in [1.29, 1.82) is 0 Å². The second-order valence-corrected chi connectivity index (χ2v) is 5.25. The van der Waals surface area contributed by atoms with E-state index < -0.39 is 31.1 Å². The molecule has 1 aliphatic heterocycles. The quantitative estimate of drug-likeness (QED) is 0.418. The molecule has 3 heterocycles. The predicted octanol–water partition coefficient (Wildman–Crippen LogP) is -3.19. The van der Waals surface area contributed by atoms with E-state index in [1.54, 1.807) is 0 Å². The van der Waals surface area contributed by atoms with Gasteiger partial charge in [0, 0.05) is 0 Å². The van der Waals surface area contributed by atoms with Crippen molar-refractivity contribution >= 4 is 37.7 Å². The Balaban J connectivity index is 2.07. The standard InChI is InChI=1S/C10H12N5O4Se/c11-10-13-7-4(8(20)14-10)12-2-15(7)9-6(18)5(17)3(1-16)19-9/h2-3,5-6,9,16-18H,1H2,(H2,11,13,14)/t3-,5+,6+,9?/m1/s1. The van der Waals surface area contributed by atoms with Gasteiger partial charge in [-0.2, -0.15) is 0 Å². The molecule has 1 saturated heterocycles. The first-order valence-electron chi connectivity index (χ1n) is 5.82. The van der Waals surface area contributed by atoms with Gasteiger partial charge in [0.05, 0.1) is 0 Å². The molecule has 0 bridgehead atoms. The molecule has 9 nitrogen and oxygen atoms in total. The van der Waals surface area contributed by atoms with Crippen LogP contribution in [0.5, 0.6) is 0 Å². The summed E-state index contributed by atoms with van der Waals surface area (Å²) in [5, 5.41) is 28.9. The van der Waals surface area contributed by atoms with Gasteiger partial charge in [-0.05, 0) is 0 Å². The van der Waals surface area contributed by atoms with Crippen molar-refractivity contribution in [3.05, 3.63) is 6.33 Å². The van der Waals surface area contributed by atoms with E-state index in [0.29, 0.717) is 15.8 Å². The third kappa shape index (κ3) is 1.97. The molecule has 1 radical (unpaired) electrons. The molecule has 20 heavy (non-hydrogen) atoms. The van der Waals surface area contributed by atoms with Crippen molar-refractivity contribution in [2.75, 3.05) is 12.3 Å². The summed E-state index contributed by atoms with van der Waals surface area (Å²) in [5.41, 5.74) is 6.45. The molecule has 2 aromatic heterocycles. The van der Waals surface area contributed by atoms with Crippen molar-refractivity contribution in [3.63, 3.8) is 0 Å². The van der Waals surface area contributed by atoms with Gasteiger partial charge in [-0.15, -0.1) is 0 Å². The molecular formula is C10H12N5O4Se. The van der Waals surface area contributed by atoms with Crippen LogP contribution in [0.4, 0.5) is 5.95 Å². The first-order valence-corrected chi connectivity index (χ1v) is 6.68. The van der Waals surface area contributed by atoms with Crippen LogP contribution in [0, 0.1) is 0 Å². The number of nitrogen functional groups attached to an aromatic ring is 1. The molecule has 1 unspecified atom stereocenters. The molecule has 107 valence electrons. The maximum atomic E-state index is 10.0. The Morgan fingerprint density at radius 1 is 1.35 bits per heavy atom. The minimum absolute atomic E-state index is 0.0553. The summed E-state index contributed by atoms with van der Waals surface area (Å²) >= 11 is 2.73. The van der Waals surface area contributed by atoms with Crippen LogP contribution in [-0.4, -0.2) is 75.8 Å². The van der Waals surface area contributed by atoms with Crippen molar-refractivity contribution in [3.8, 4) is 0 Å². The molecule has 3 rings (SSSR count). The van der Waals surface area contributed by atoms with E-state index in [4.69, 9.17) is 15.6 Å². The fourth-order valence-electron chi connectivity index (χ4n) is 2.20. The van der Waals surface area contributed by atoms with Gasteiger partial charge in [0.2, 0.25) is 0 Å². The number of hydrogen-bond donors (Lipinski definition) is 4. The third-order valence-corrected chi connectivity index (χ3v) is 3.80. The van der Waals surface area contributed by atoms with Gasteiger partial charge < -0.3 is 0 Å². The summed E-state index contributed by atoms with van der Waals surface area (Å²) in [5.74, 6) is 0.0553. The average Bonchev–Trinajstić information content (AvgIpc) is 2.93.